The molecule has 4 rings (SSSR count). The molecule has 4 unspecified atom stereocenters. The Morgan fingerprint density at radius 2 is 1.84 bits per heavy atom. The van der Waals surface area contributed by atoms with E-state index < -0.39 is 12.2 Å². The highest BCUT2D eigenvalue weighted by atomic mass is 19.1. The number of para-hydroxylation sites is 1. The quantitative estimate of drug-likeness (QED) is 0.170. The highest BCUT2D eigenvalue weighted by molar-refractivity contribution is 5.95. The van der Waals surface area contributed by atoms with Gasteiger partial charge in [-0.3, -0.25) is 9.69 Å². The first-order valence-electron chi connectivity index (χ1n) is 16.7. The number of halogens is 1. The Labute approximate surface area is 268 Å². The maximum atomic E-state index is 15.4. The van der Waals surface area contributed by atoms with Gasteiger partial charge in [0.1, 0.15) is 18.0 Å². The van der Waals surface area contributed by atoms with Gasteiger partial charge >= 0.3 is 0 Å². The molecule has 1 amide bonds. The standard InChI is InChI=1S/C35H52FN7O2/c1-4-5-6-7-8-9-10-13-20-43-21-19-28(30(36)25-43)34-41-40-33(42(34)2)24-38-27-16-14-15-26(22-27)35(44)39-31(23-37)29-17-11-12-18-32(29)45-3/h11-12,14-18,22,28,30-31,33-34,38,40-41H,4-10,13,19-21,24-25H2,1-3H3,(H,39,44)/t28?,30?,31-,33?,34?/m0/s1. The Bertz CT molecular complexity index is 1240. The first-order chi connectivity index (χ1) is 21.9. The number of unbranched alkanes of at least 4 members (excludes halogenated alkanes) is 7. The number of benzene rings is 2. The fourth-order valence-corrected chi connectivity index (χ4v) is 6.48. The van der Waals surface area contributed by atoms with Crippen LogP contribution in [0.1, 0.15) is 86.7 Å². The van der Waals surface area contributed by atoms with E-state index in [1.165, 1.54) is 52.1 Å². The van der Waals surface area contributed by atoms with Crippen molar-refractivity contribution in [1.29, 1.82) is 5.26 Å². The van der Waals surface area contributed by atoms with Crippen LogP contribution in [0.15, 0.2) is 48.5 Å². The average molecular weight is 622 g/mol. The summed E-state index contributed by atoms with van der Waals surface area (Å²) in [4.78, 5) is 17.5. The van der Waals surface area contributed by atoms with Gasteiger partial charge in [0.05, 0.1) is 25.5 Å². The lowest BCUT2D eigenvalue weighted by molar-refractivity contribution is 0.0310. The largest absolute Gasteiger partial charge is 0.496 e. The van der Waals surface area contributed by atoms with Crippen molar-refractivity contribution in [3.05, 3.63) is 59.7 Å². The van der Waals surface area contributed by atoms with Crippen molar-refractivity contribution in [2.24, 2.45) is 5.92 Å². The van der Waals surface area contributed by atoms with Gasteiger partial charge in [0.25, 0.3) is 5.91 Å². The van der Waals surface area contributed by atoms with Crippen molar-refractivity contribution >= 4 is 11.6 Å². The zero-order valence-electron chi connectivity index (χ0n) is 27.2. The van der Waals surface area contributed by atoms with Crippen LogP contribution < -0.4 is 26.2 Å². The average Bonchev–Trinajstić information content (AvgIpc) is 3.43. The minimum Gasteiger partial charge on any atom is -0.496 e. The molecule has 2 aromatic carbocycles. The molecule has 246 valence electrons. The Morgan fingerprint density at radius 3 is 2.58 bits per heavy atom. The Morgan fingerprint density at radius 1 is 1.09 bits per heavy atom. The molecule has 0 saturated carbocycles. The summed E-state index contributed by atoms with van der Waals surface area (Å²) in [5.41, 5.74) is 8.50. The number of anilines is 1. The molecule has 0 aromatic heterocycles. The first-order valence-corrected chi connectivity index (χ1v) is 16.7. The van der Waals surface area contributed by atoms with Crippen molar-refractivity contribution in [3.8, 4) is 11.8 Å². The molecule has 2 saturated heterocycles. The second-order valence-electron chi connectivity index (χ2n) is 12.4. The summed E-state index contributed by atoms with van der Waals surface area (Å²) in [7, 11) is 3.56. The van der Waals surface area contributed by atoms with E-state index in [9.17, 15) is 10.1 Å². The van der Waals surface area contributed by atoms with Gasteiger partial charge in [-0.15, -0.1) is 0 Å². The number of hydrazine groups is 1. The smallest absolute Gasteiger partial charge is 0.252 e. The molecule has 0 spiro atoms. The number of alkyl halides is 1. The van der Waals surface area contributed by atoms with E-state index in [2.05, 4.69) is 44.3 Å². The fourth-order valence-electron chi connectivity index (χ4n) is 6.48. The summed E-state index contributed by atoms with van der Waals surface area (Å²) in [6.07, 6.45) is 10.2. The van der Waals surface area contributed by atoms with Gasteiger partial charge < -0.3 is 20.3 Å². The number of carbonyl (C=O) groups is 1. The van der Waals surface area contributed by atoms with Crippen molar-refractivity contribution in [2.75, 3.05) is 45.7 Å². The van der Waals surface area contributed by atoms with E-state index in [4.69, 9.17) is 4.74 Å². The van der Waals surface area contributed by atoms with E-state index in [1.54, 1.807) is 24.3 Å². The van der Waals surface area contributed by atoms with Gasteiger partial charge in [-0.05, 0) is 57.2 Å². The number of carbonyl (C=O) groups excluding carboxylic acids is 1. The number of nitriles is 1. The molecule has 2 aliphatic heterocycles. The van der Waals surface area contributed by atoms with Crippen LogP contribution in [0.4, 0.5) is 10.1 Å². The summed E-state index contributed by atoms with van der Waals surface area (Å²) in [6, 6.07) is 15.7. The molecular weight excluding hydrogens is 569 g/mol. The van der Waals surface area contributed by atoms with Crippen molar-refractivity contribution < 1.29 is 13.9 Å². The Balaban J connectivity index is 1.21. The predicted octanol–water partition coefficient (Wildman–Crippen LogP) is 5.59. The van der Waals surface area contributed by atoms with Crippen LogP contribution in [-0.4, -0.2) is 74.5 Å². The van der Waals surface area contributed by atoms with Crippen molar-refractivity contribution in [2.45, 2.75) is 89.3 Å². The second-order valence-corrected chi connectivity index (χ2v) is 12.4. The van der Waals surface area contributed by atoms with E-state index in [-0.39, 0.29) is 24.2 Å². The van der Waals surface area contributed by atoms with Crippen LogP contribution >= 0.6 is 0 Å². The van der Waals surface area contributed by atoms with Gasteiger partial charge in [0.15, 0.2) is 0 Å². The summed E-state index contributed by atoms with van der Waals surface area (Å²) in [5.74, 6) is 0.116. The van der Waals surface area contributed by atoms with Gasteiger partial charge in [0.2, 0.25) is 0 Å². The predicted molar refractivity (Wildman–Crippen MR) is 177 cm³/mol. The second kappa shape index (κ2) is 18.1. The number of amides is 1. The SMILES string of the molecule is CCCCCCCCCCN1CCC(C2NNC(CNc3cccc(C(=O)N[C@@H](C#N)c4ccccc4OC)c3)N2C)C(F)C1. The maximum absolute atomic E-state index is 15.4. The molecule has 2 fully saturated rings. The van der Waals surface area contributed by atoms with Gasteiger partial charge in [0, 0.05) is 35.8 Å². The number of methoxy groups -OCH3 is 1. The number of hydrogen-bond donors (Lipinski definition) is 4. The molecule has 0 bridgehead atoms. The van der Waals surface area contributed by atoms with Crippen LogP contribution in [0, 0.1) is 17.2 Å². The number of nitrogens with one attached hydrogen (secondary N) is 4. The topological polar surface area (TPSA) is 105 Å². The molecule has 45 heavy (non-hydrogen) atoms. The molecule has 5 atom stereocenters. The first kappa shape index (κ1) is 34.6. The normalized spacial score (nSPS) is 22.9. The molecule has 10 heteroatoms. The number of ether oxygens (including phenoxy) is 1. The number of piperidine rings is 1. The molecule has 2 heterocycles. The lowest BCUT2D eigenvalue weighted by Gasteiger charge is -2.39. The van der Waals surface area contributed by atoms with Crippen LogP contribution in [0.3, 0.4) is 0 Å². The highest BCUT2D eigenvalue weighted by Gasteiger charge is 2.41. The summed E-state index contributed by atoms with van der Waals surface area (Å²) < 4.78 is 20.8. The minimum atomic E-state index is -0.871. The van der Waals surface area contributed by atoms with Crippen LogP contribution in [0.5, 0.6) is 5.75 Å². The molecule has 9 nitrogen and oxygen atoms in total. The molecule has 0 radical (unpaired) electrons. The Kier molecular flexibility index (Phi) is 13.9. The lowest BCUT2D eigenvalue weighted by Crippen LogP contribution is -2.53. The molecule has 2 aliphatic rings. The number of likely N-dealkylation sites (N-methyl/N-ethyl adjacent to an activating group) is 1. The number of hydrogen-bond acceptors (Lipinski definition) is 8. The molecule has 2 aromatic rings. The van der Waals surface area contributed by atoms with Crippen LogP contribution in [0.25, 0.3) is 0 Å². The maximum Gasteiger partial charge on any atom is 0.252 e. The fraction of sp³-hybridized carbons (Fsp3) is 0.600. The lowest BCUT2D eigenvalue weighted by atomic mass is 9.91. The van der Waals surface area contributed by atoms with E-state index in [0.717, 1.165) is 31.6 Å². The van der Waals surface area contributed by atoms with Crippen LogP contribution in [-0.2, 0) is 0 Å². The third kappa shape index (κ3) is 9.88. The summed E-state index contributed by atoms with van der Waals surface area (Å²) in [6.45, 7) is 5.25. The Hall–Kier alpha value is -3.23. The third-order valence-electron chi connectivity index (χ3n) is 9.22. The number of rotatable bonds is 17. The minimum absolute atomic E-state index is 0.0523. The van der Waals surface area contributed by atoms with Gasteiger partial charge in [-0.1, -0.05) is 76.1 Å². The van der Waals surface area contributed by atoms with Crippen molar-refractivity contribution in [3.63, 3.8) is 0 Å². The number of nitrogens with zero attached hydrogens (tertiary/aromatic N) is 3. The van der Waals surface area contributed by atoms with Crippen molar-refractivity contribution in [1.82, 2.24) is 26.0 Å². The number of likely N-dealkylation sites (tertiary alicyclic amines) is 1. The summed E-state index contributed by atoms with van der Waals surface area (Å²) >= 11 is 0. The monoisotopic (exact) mass is 621 g/mol. The molecule has 4 N–H and O–H groups in total. The zero-order chi connectivity index (χ0) is 32.0. The van der Waals surface area contributed by atoms with E-state index >= 15 is 4.39 Å². The van der Waals surface area contributed by atoms with E-state index in [0.29, 0.717) is 30.0 Å². The zero-order valence-corrected chi connectivity index (χ0v) is 27.2. The third-order valence-corrected chi connectivity index (χ3v) is 9.22. The van der Waals surface area contributed by atoms with Crippen LogP contribution in [0.2, 0.25) is 0 Å². The summed E-state index contributed by atoms with van der Waals surface area (Å²) in [5, 5.41) is 15.9. The van der Waals surface area contributed by atoms with Gasteiger partial charge in [-0.2, -0.15) is 5.26 Å². The highest BCUT2D eigenvalue weighted by Crippen LogP contribution is 2.28. The molecular formula is C35H52FN7O2. The molecule has 0 aliphatic carbocycles. The van der Waals surface area contributed by atoms with Gasteiger partial charge in [-0.25, -0.2) is 15.2 Å². The van der Waals surface area contributed by atoms with E-state index in [1.807, 2.05) is 31.3 Å².